The van der Waals surface area contributed by atoms with E-state index in [0.717, 1.165) is 10.9 Å². The van der Waals surface area contributed by atoms with Crippen molar-refractivity contribution in [1.29, 1.82) is 0 Å². The van der Waals surface area contributed by atoms with Crippen LogP contribution in [0, 0.1) is 0 Å². The summed E-state index contributed by atoms with van der Waals surface area (Å²) >= 11 is 0. The average Bonchev–Trinajstić information content (AvgIpc) is 2.62. The second kappa shape index (κ2) is 3.74. The molecule has 0 saturated carbocycles. The second-order valence-electron chi connectivity index (χ2n) is 3.38. The molecule has 4 nitrogen and oxygen atoms in total. The van der Waals surface area contributed by atoms with Crippen LogP contribution in [-0.2, 0) is 11.3 Å². The summed E-state index contributed by atoms with van der Waals surface area (Å²) in [5.41, 5.74) is 0.929. The molecule has 78 valence electrons. The maximum absolute atomic E-state index is 10.5. The fourth-order valence-corrected chi connectivity index (χ4v) is 1.56. The number of para-hydroxylation sites is 1. The average molecular weight is 205 g/mol. The van der Waals surface area contributed by atoms with E-state index in [2.05, 4.69) is 0 Å². The number of hydrogen-bond donors (Lipinski definition) is 2. The van der Waals surface area contributed by atoms with Gasteiger partial charge in [0.05, 0.1) is 6.54 Å². The van der Waals surface area contributed by atoms with Crippen molar-refractivity contribution in [2.24, 2.45) is 0 Å². The quantitative estimate of drug-likeness (QED) is 0.788. The normalized spacial score (nSPS) is 12.9. The van der Waals surface area contributed by atoms with Crippen LogP contribution in [0.3, 0.4) is 0 Å². The number of aromatic nitrogens is 1. The number of rotatable bonds is 3. The fraction of sp³-hybridized carbons (Fsp3) is 0.182. The maximum Gasteiger partial charge on any atom is 0.334 e. The zero-order valence-electron chi connectivity index (χ0n) is 8.00. The number of carboxylic acid groups (broad SMARTS) is 1. The molecule has 0 bridgehead atoms. The van der Waals surface area contributed by atoms with Crippen LogP contribution in [0.2, 0.25) is 0 Å². The van der Waals surface area contributed by atoms with E-state index in [1.165, 1.54) is 0 Å². The summed E-state index contributed by atoms with van der Waals surface area (Å²) in [6.07, 6.45) is 0.414. The molecule has 15 heavy (non-hydrogen) atoms. The molecule has 1 heterocycles. The Labute approximate surface area is 86.4 Å². The highest BCUT2D eigenvalue weighted by molar-refractivity contribution is 5.80. The van der Waals surface area contributed by atoms with Crippen LogP contribution in [-0.4, -0.2) is 26.9 Å². The number of carbonyl (C=O) groups is 1. The van der Waals surface area contributed by atoms with Crippen molar-refractivity contribution < 1.29 is 15.0 Å². The molecule has 0 amide bonds. The van der Waals surface area contributed by atoms with Crippen LogP contribution in [0.4, 0.5) is 0 Å². The lowest BCUT2D eigenvalue weighted by Gasteiger charge is -2.08. The summed E-state index contributed by atoms with van der Waals surface area (Å²) in [6, 6.07) is 9.53. The van der Waals surface area contributed by atoms with Gasteiger partial charge in [-0.25, -0.2) is 4.79 Å². The van der Waals surface area contributed by atoms with Gasteiger partial charge in [0, 0.05) is 11.7 Å². The summed E-state index contributed by atoms with van der Waals surface area (Å²) in [5.74, 6) is -1.20. The van der Waals surface area contributed by atoms with Gasteiger partial charge in [-0.3, -0.25) is 0 Å². The van der Waals surface area contributed by atoms with E-state index >= 15 is 0 Å². The van der Waals surface area contributed by atoms with Crippen molar-refractivity contribution in [3.63, 3.8) is 0 Å². The monoisotopic (exact) mass is 205 g/mol. The van der Waals surface area contributed by atoms with Gasteiger partial charge in [0.25, 0.3) is 0 Å². The molecule has 0 aliphatic heterocycles. The lowest BCUT2D eigenvalue weighted by molar-refractivity contribution is -0.147. The van der Waals surface area contributed by atoms with Gasteiger partial charge in [-0.15, -0.1) is 0 Å². The predicted molar refractivity (Wildman–Crippen MR) is 55.6 cm³/mol. The molecule has 2 rings (SSSR count). The number of benzene rings is 1. The zero-order valence-corrected chi connectivity index (χ0v) is 8.00. The van der Waals surface area contributed by atoms with Gasteiger partial charge in [-0.1, -0.05) is 18.2 Å². The molecule has 1 aromatic carbocycles. The first-order valence-electron chi connectivity index (χ1n) is 4.63. The summed E-state index contributed by atoms with van der Waals surface area (Å²) in [4.78, 5) is 10.5. The van der Waals surface area contributed by atoms with E-state index in [1.54, 1.807) is 10.8 Å². The minimum atomic E-state index is -1.36. The van der Waals surface area contributed by atoms with Crippen LogP contribution < -0.4 is 0 Å². The van der Waals surface area contributed by atoms with Crippen molar-refractivity contribution in [3.8, 4) is 0 Å². The minimum absolute atomic E-state index is 0.0723. The van der Waals surface area contributed by atoms with Crippen LogP contribution in [0.5, 0.6) is 0 Å². The first kappa shape index (κ1) is 9.73. The first-order valence-corrected chi connectivity index (χ1v) is 4.63. The highest BCUT2D eigenvalue weighted by Crippen LogP contribution is 2.15. The second-order valence-corrected chi connectivity index (χ2v) is 3.38. The number of hydrogen-bond acceptors (Lipinski definition) is 2. The van der Waals surface area contributed by atoms with E-state index in [9.17, 15) is 9.90 Å². The minimum Gasteiger partial charge on any atom is -0.479 e. The third-order valence-electron chi connectivity index (χ3n) is 2.33. The molecule has 0 fully saturated rings. The third-order valence-corrected chi connectivity index (χ3v) is 2.33. The standard InChI is InChI=1S/C11H11NO3/c13-10(11(14)15)7-12-6-5-8-3-1-2-4-9(8)12/h1-6,10,13H,7H2,(H,14,15)/t10-/m0/s1. The molecule has 1 aromatic heterocycles. The summed E-state index contributed by atoms with van der Waals surface area (Å²) in [7, 11) is 0. The molecular formula is C11H11NO3. The fourth-order valence-electron chi connectivity index (χ4n) is 1.56. The number of aliphatic hydroxyl groups excluding tert-OH is 1. The van der Waals surface area contributed by atoms with Gasteiger partial charge in [0.15, 0.2) is 6.10 Å². The maximum atomic E-state index is 10.5. The lowest BCUT2D eigenvalue weighted by atomic mass is 10.2. The number of nitrogens with zero attached hydrogens (tertiary/aromatic N) is 1. The predicted octanol–water partition coefficient (Wildman–Crippen LogP) is 1.09. The van der Waals surface area contributed by atoms with Gasteiger partial charge < -0.3 is 14.8 Å². The molecule has 0 radical (unpaired) electrons. The highest BCUT2D eigenvalue weighted by Gasteiger charge is 2.14. The van der Waals surface area contributed by atoms with Gasteiger partial charge in [-0.2, -0.15) is 0 Å². The first-order chi connectivity index (χ1) is 7.18. The largest absolute Gasteiger partial charge is 0.479 e. The molecule has 0 aliphatic rings. The summed E-state index contributed by atoms with van der Waals surface area (Å²) in [5, 5.41) is 18.9. The lowest BCUT2D eigenvalue weighted by Crippen LogP contribution is -2.24. The summed E-state index contributed by atoms with van der Waals surface area (Å²) in [6.45, 7) is 0.0723. The van der Waals surface area contributed by atoms with E-state index in [4.69, 9.17) is 5.11 Å². The van der Waals surface area contributed by atoms with Crippen molar-refractivity contribution >= 4 is 16.9 Å². The van der Waals surface area contributed by atoms with E-state index < -0.39 is 12.1 Å². The van der Waals surface area contributed by atoms with Crippen LogP contribution in [0.1, 0.15) is 0 Å². The number of aliphatic carboxylic acids is 1. The Morgan fingerprint density at radius 2 is 2.07 bits per heavy atom. The van der Waals surface area contributed by atoms with Gasteiger partial charge in [-0.05, 0) is 17.5 Å². The molecule has 2 N–H and O–H groups in total. The number of aliphatic hydroxyl groups is 1. The zero-order chi connectivity index (χ0) is 10.8. The molecule has 0 spiro atoms. The van der Waals surface area contributed by atoms with E-state index in [1.807, 2.05) is 30.3 Å². The summed E-state index contributed by atoms with van der Waals surface area (Å²) < 4.78 is 1.73. The highest BCUT2D eigenvalue weighted by atomic mass is 16.4. The van der Waals surface area contributed by atoms with Gasteiger partial charge in [0.2, 0.25) is 0 Å². The van der Waals surface area contributed by atoms with Gasteiger partial charge in [0.1, 0.15) is 0 Å². The Balaban J connectivity index is 2.32. The Bertz CT molecular complexity index is 489. The van der Waals surface area contributed by atoms with Crippen LogP contribution >= 0.6 is 0 Å². The Kier molecular flexibility index (Phi) is 2.43. The van der Waals surface area contributed by atoms with Gasteiger partial charge >= 0.3 is 5.97 Å². The number of fused-ring (bicyclic) bond motifs is 1. The number of carboxylic acids is 1. The SMILES string of the molecule is O=C(O)[C@@H](O)Cn1ccc2ccccc21. The van der Waals surface area contributed by atoms with Crippen molar-refractivity contribution in [3.05, 3.63) is 36.5 Å². The Hall–Kier alpha value is -1.81. The smallest absolute Gasteiger partial charge is 0.334 e. The third kappa shape index (κ3) is 1.85. The molecule has 4 heteroatoms. The van der Waals surface area contributed by atoms with Crippen molar-refractivity contribution in [2.45, 2.75) is 12.6 Å². The Morgan fingerprint density at radius 3 is 2.80 bits per heavy atom. The topological polar surface area (TPSA) is 62.5 Å². The van der Waals surface area contributed by atoms with E-state index in [-0.39, 0.29) is 6.54 Å². The van der Waals surface area contributed by atoms with E-state index in [0.29, 0.717) is 0 Å². The van der Waals surface area contributed by atoms with Crippen molar-refractivity contribution in [2.75, 3.05) is 0 Å². The van der Waals surface area contributed by atoms with Crippen LogP contribution in [0.25, 0.3) is 10.9 Å². The van der Waals surface area contributed by atoms with Crippen LogP contribution in [0.15, 0.2) is 36.5 Å². The van der Waals surface area contributed by atoms with Crippen molar-refractivity contribution in [1.82, 2.24) is 4.57 Å². The molecule has 2 aromatic rings. The Morgan fingerprint density at radius 1 is 1.33 bits per heavy atom. The molecule has 1 atom stereocenters. The molecule has 0 aliphatic carbocycles. The molecule has 0 unspecified atom stereocenters. The molecule has 0 saturated heterocycles. The molecular weight excluding hydrogens is 194 g/mol.